The Labute approximate surface area is 148 Å². The largest absolute Gasteiger partial charge is 0.376 e. The van der Waals surface area contributed by atoms with Crippen LogP contribution >= 0.6 is 0 Å². The number of carbonyl (C=O) groups is 1. The summed E-state index contributed by atoms with van der Waals surface area (Å²) < 4.78 is 0. The summed E-state index contributed by atoms with van der Waals surface area (Å²) in [5.74, 6) is 0.0385. The molecule has 0 aliphatic rings. The molecule has 0 spiro atoms. The molecule has 1 amide bonds. The van der Waals surface area contributed by atoms with E-state index in [4.69, 9.17) is 0 Å². The lowest BCUT2D eigenvalue weighted by Crippen LogP contribution is -2.35. The number of rotatable bonds is 6. The van der Waals surface area contributed by atoms with E-state index in [2.05, 4.69) is 5.32 Å². The molecule has 0 aliphatic heterocycles. The molecule has 3 aromatic rings. The number of nitrogens with zero attached hydrogens (tertiary/aromatic N) is 1. The summed E-state index contributed by atoms with van der Waals surface area (Å²) >= 11 is 0. The quantitative estimate of drug-likeness (QED) is 0.714. The van der Waals surface area contributed by atoms with E-state index in [0.29, 0.717) is 6.54 Å². The van der Waals surface area contributed by atoms with Crippen molar-refractivity contribution in [2.45, 2.75) is 13.5 Å². The Kier molecular flexibility index (Phi) is 5.47. The van der Waals surface area contributed by atoms with Gasteiger partial charge in [0.2, 0.25) is 5.91 Å². The van der Waals surface area contributed by atoms with Crippen molar-refractivity contribution < 1.29 is 4.79 Å². The molecule has 25 heavy (non-hydrogen) atoms. The van der Waals surface area contributed by atoms with Crippen LogP contribution in [0.4, 0.5) is 11.4 Å². The van der Waals surface area contributed by atoms with Gasteiger partial charge in [0.1, 0.15) is 0 Å². The predicted molar refractivity (Wildman–Crippen MR) is 104 cm³/mol. The number of hydrogen-bond acceptors (Lipinski definition) is 2. The smallest absolute Gasteiger partial charge is 0.246 e. The van der Waals surface area contributed by atoms with Crippen molar-refractivity contribution in [2.24, 2.45) is 0 Å². The molecule has 1 N–H and O–H groups in total. The molecule has 0 saturated heterocycles. The van der Waals surface area contributed by atoms with Gasteiger partial charge >= 0.3 is 0 Å². The molecule has 0 atom stereocenters. The third-order valence-corrected chi connectivity index (χ3v) is 4.05. The lowest BCUT2D eigenvalue weighted by atomic mass is 10.1. The molecule has 3 heteroatoms. The summed E-state index contributed by atoms with van der Waals surface area (Å²) in [6.07, 6.45) is 0. The summed E-state index contributed by atoms with van der Waals surface area (Å²) in [6, 6.07) is 27.9. The van der Waals surface area contributed by atoms with Crippen LogP contribution in [-0.2, 0) is 11.3 Å². The van der Waals surface area contributed by atoms with Crippen LogP contribution in [0.1, 0.15) is 11.1 Å². The van der Waals surface area contributed by atoms with Crippen molar-refractivity contribution in [1.29, 1.82) is 0 Å². The Hall–Kier alpha value is -3.07. The van der Waals surface area contributed by atoms with Gasteiger partial charge in [-0.05, 0) is 36.8 Å². The molecule has 3 rings (SSSR count). The summed E-state index contributed by atoms with van der Waals surface area (Å²) in [7, 11) is 0. The standard InChI is InChI=1S/C22H22N2O/c1-18-12-14-21(15-13-18)24(17-19-8-4-2-5-9-19)22(25)16-23-20-10-6-3-7-11-20/h2-15,23H,16-17H2,1H3. The van der Waals surface area contributed by atoms with Crippen LogP contribution in [0.3, 0.4) is 0 Å². The summed E-state index contributed by atoms with van der Waals surface area (Å²) in [6.45, 7) is 2.86. The van der Waals surface area contributed by atoms with Crippen molar-refractivity contribution in [3.63, 3.8) is 0 Å². The third-order valence-electron chi connectivity index (χ3n) is 4.05. The SMILES string of the molecule is Cc1ccc(N(Cc2ccccc2)C(=O)CNc2ccccc2)cc1. The number of hydrogen-bond donors (Lipinski definition) is 1. The van der Waals surface area contributed by atoms with Crippen molar-refractivity contribution in [2.75, 3.05) is 16.8 Å². The van der Waals surface area contributed by atoms with Gasteiger partial charge in [-0.1, -0.05) is 66.2 Å². The molecule has 126 valence electrons. The van der Waals surface area contributed by atoms with Crippen molar-refractivity contribution in [3.05, 3.63) is 96.1 Å². The first-order chi connectivity index (χ1) is 12.2. The molecule has 0 unspecified atom stereocenters. The maximum Gasteiger partial charge on any atom is 0.246 e. The number of nitrogens with one attached hydrogen (secondary N) is 1. The zero-order chi connectivity index (χ0) is 17.5. The monoisotopic (exact) mass is 330 g/mol. The van der Waals surface area contributed by atoms with Crippen LogP contribution in [0.2, 0.25) is 0 Å². The van der Waals surface area contributed by atoms with E-state index >= 15 is 0 Å². The first-order valence-corrected chi connectivity index (χ1v) is 8.42. The highest BCUT2D eigenvalue weighted by Gasteiger charge is 2.16. The van der Waals surface area contributed by atoms with E-state index < -0.39 is 0 Å². The van der Waals surface area contributed by atoms with Gasteiger partial charge in [-0.3, -0.25) is 4.79 Å². The van der Waals surface area contributed by atoms with Crippen LogP contribution in [0.15, 0.2) is 84.9 Å². The number of amides is 1. The van der Waals surface area contributed by atoms with E-state index in [9.17, 15) is 4.79 Å². The second kappa shape index (κ2) is 8.15. The third kappa shape index (κ3) is 4.70. The fourth-order valence-corrected chi connectivity index (χ4v) is 2.64. The minimum Gasteiger partial charge on any atom is -0.376 e. The Morgan fingerprint density at radius 1 is 0.840 bits per heavy atom. The van der Waals surface area contributed by atoms with Crippen LogP contribution in [0.25, 0.3) is 0 Å². The summed E-state index contributed by atoms with van der Waals surface area (Å²) in [5.41, 5.74) is 4.14. The van der Waals surface area contributed by atoms with Gasteiger partial charge in [0, 0.05) is 11.4 Å². The maximum atomic E-state index is 12.9. The second-order valence-electron chi connectivity index (χ2n) is 6.02. The van der Waals surface area contributed by atoms with E-state index in [1.54, 1.807) is 0 Å². The van der Waals surface area contributed by atoms with E-state index in [-0.39, 0.29) is 12.5 Å². The number of para-hydroxylation sites is 1. The molecule has 0 bridgehead atoms. The molecule has 0 heterocycles. The average molecular weight is 330 g/mol. The molecule has 3 aromatic carbocycles. The van der Waals surface area contributed by atoms with Crippen molar-refractivity contribution >= 4 is 17.3 Å². The Bertz CT molecular complexity index is 798. The van der Waals surface area contributed by atoms with Gasteiger partial charge < -0.3 is 10.2 Å². The molecule has 0 aromatic heterocycles. The van der Waals surface area contributed by atoms with E-state index in [0.717, 1.165) is 16.9 Å². The molecule has 3 nitrogen and oxygen atoms in total. The zero-order valence-electron chi connectivity index (χ0n) is 14.4. The first kappa shape index (κ1) is 16.8. The molecule has 0 fully saturated rings. The average Bonchev–Trinajstić information content (AvgIpc) is 2.67. The van der Waals surface area contributed by atoms with Crippen LogP contribution in [-0.4, -0.2) is 12.5 Å². The van der Waals surface area contributed by atoms with Gasteiger partial charge in [-0.15, -0.1) is 0 Å². The topological polar surface area (TPSA) is 32.3 Å². The fourth-order valence-electron chi connectivity index (χ4n) is 2.64. The van der Waals surface area contributed by atoms with Crippen LogP contribution < -0.4 is 10.2 Å². The summed E-state index contributed by atoms with van der Waals surface area (Å²) in [5, 5.41) is 3.20. The highest BCUT2D eigenvalue weighted by molar-refractivity contribution is 5.96. The van der Waals surface area contributed by atoms with Crippen molar-refractivity contribution in [3.8, 4) is 0 Å². The lowest BCUT2D eigenvalue weighted by Gasteiger charge is -2.24. The van der Waals surface area contributed by atoms with Gasteiger partial charge in [0.15, 0.2) is 0 Å². The van der Waals surface area contributed by atoms with Crippen LogP contribution in [0.5, 0.6) is 0 Å². The highest BCUT2D eigenvalue weighted by atomic mass is 16.2. The normalized spacial score (nSPS) is 10.3. The zero-order valence-corrected chi connectivity index (χ0v) is 14.4. The summed E-state index contributed by atoms with van der Waals surface area (Å²) in [4.78, 5) is 14.7. The van der Waals surface area contributed by atoms with E-state index in [1.165, 1.54) is 5.56 Å². The fraction of sp³-hybridized carbons (Fsp3) is 0.136. The molecule has 0 saturated carbocycles. The number of benzene rings is 3. The Balaban J connectivity index is 1.77. The minimum absolute atomic E-state index is 0.0385. The lowest BCUT2D eigenvalue weighted by molar-refractivity contribution is -0.117. The maximum absolute atomic E-state index is 12.9. The Morgan fingerprint density at radius 2 is 1.44 bits per heavy atom. The highest BCUT2D eigenvalue weighted by Crippen LogP contribution is 2.19. The van der Waals surface area contributed by atoms with Crippen LogP contribution in [0, 0.1) is 6.92 Å². The number of anilines is 2. The van der Waals surface area contributed by atoms with Gasteiger partial charge in [0.05, 0.1) is 13.1 Å². The predicted octanol–water partition coefficient (Wildman–Crippen LogP) is 4.64. The number of carbonyl (C=O) groups excluding carboxylic acids is 1. The Morgan fingerprint density at radius 3 is 2.08 bits per heavy atom. The van der Waals surface area contributed by atoms with Gasteiger partial charge in [0.25, 0.3) is 0 Å². The van der Waals surface area contributed by atoms with Gasteiger partial charge in [-0.2, -0.15) is 0 Å². The van der Waals surface area contributed by atoms with Gasteiger partial charge in [-0.25, -0.2) is 0 Å². The second-order valence-corrected chi connectivity index (χ2v) is 6.02. The molecule has 0 radical (unpaired) electrons. The first-order valence-electron chi connectivity index (χ1n) is 8.42. The van der Waals surface area contributed by atoms with Crippen molar-refractivity contribution in [1.82, 2.24) is 0 Å². The van der Waals surface area contributed by atoms with E-state index in [1.807, 2.05) is 96.8 Å². The molecule has 0 aliphatic carbocycles. The number of aryl methyl sites for hydroxylation is 1. The molecular formula is C22H22N2O. The minimum atomic E-state index is 0.0385. The molecular weight excluding hydrogens is 308 g/mol.